The Kier molecular flexibility index (Phi) is 3.47. The second-order valence-corrected chi connectivity index (χ2v) is 6.17. The molecule has 0 aliphatic carbocycles. The molecule has 1 aromatic carbocycles. The number of ether oxygens (including phenoxy) is 2. The van der Waals surface area contributed by atoms with Gasteiger partial charge in [0, 0.05) is 18.9 Å². The molecular weight excluding hydrogens is 258 g/mol. The third-order valence-electron chi connectivity index (χ3n) is 2.70. The van der Waals surface area contributed by atoms with Gasteiger partial charge in [0.1, 0.15) is 12.7 Å². The summed E-state index contributed by atoms with van der Waals surface area (Å²) in [5, 5.41) is 9.57. The summed E-state index contributed by atoms with van der Waals surface area (Å²) in [6.07, 6.45) is -0.223. The second kappa shape index (κ2) is 4.75. The zero-order chi connectivity index (χ0) is 13.3. The fourth-order valence-electron chi connectivity index (χ4n) is 1.64. The highest BCUT2D eigenvalue weighted by molar-refractivity contribution is 7.90. The van der Waals surface area contributed by atoms with Gasteiger partial charge in [-0.05, 0) is 12.1 Å². The molecule has 2 rings (SSSR count). The first-order valence-electron chi connectivity index (χ1n) is 5.43. The van der Waals surface area contributed by atoms with Crippen LogP contribution in [-0.4, -0.2) is 45.1 Å². The number of nitrogens with two attached hydrogens (primary N) is 1. The second-order valence-electron chi connectivity index (χ2n) is 4.15. The summed E-state index contributed by atoms with van der Waals surface area (Å²) in [6, 6.07) is 4.37. The number of fused-ring (bicyclic) bond motifs is 1. The largest absolute Gasteiger partial charge is 0.486 e. The van der Waals surface area contributed by atoms with Crippen LogP contribution in [-0.2, 0) is 9.84 Å². The van der Waals surface area contributed by atoms with Crippen molar-refractivity contribution in [2.24, 2.45) is 5.73 Å². The highest BCUT2D eigenvalue weighted by Crippen LogP contribution is 2.34. The predicted octanol–water partition coefficient (Wildman–Crippen LogP) is -0.451. The maximum Gasteiger partial charge on any atom is 0.175 e. The molecule has 6 nitrogen and oxygen atoms in total. The van der Waals surface area contributed by atoms with Gasteiger partial charge in [-0.15, -0.1) is 0 Å². The van der Waals surface area contributed by atoms with E-state index in [-0.39, 0.29) is 18.0 Å². The first-order chi connectivity index (χ1) is 8.41. The van der Waals surface area contributed by atoms with Crippen LogP contribution in [0.4, 0.5) is 0 Å². The minimum absolute atomic E-state index is 0.0742. The molecule has 0 saturated carbocycles. The van der Waals surface area contributed by atoms with Crippen molar-refractivity contribution >= 4 is 9.84 Å². The number of sulfone groups is 1. The van der Waals surface area contributed by atoms with E-state index in [4.69, 9.17) is 15.2 Å². The summed E-state index contributed by atoms with van der Waals surface area (Å²) in [5.74, 6) is 0.768. The van der Waals surface area contributed by atoms with E-state index in [1.807, 2.05) is 0 Å². The van der Waals surface area contributed by atoms with E-state index in [1.165, 1.54) is 18.2 Å². The molecule has 0 bridgehead atoms. The molecule has 7 heteroatoms. The summed E-state index contributed by atoms with van der Waals surface area (Å²) < 4.78 is 33.7. The summed E-state index contributed by atoms with van der Waals surface area (Å²) in [7, 11) is -3.28. The lowest BCUT2D eigenvalue weighted by Gasteiger charge is -2.29. The van der Waals surface area contributed by atoms with Crippen molar-refractivity contribution in [1.82, 2.24) is 0 Å². The van der Waals surface area contributed by atoms with Gasteiger partial charge in [-0.3, -0.25) is 0 Å². The maximum atomic E-state index is 11.4. The van der Waals surface area contributed by atoms with Crippen molar-refractivity contribution in [3.8, 4) is 11.5 Å². The molecule has 0 aromatic heterocycles. The molecule has 100 valence electrons. The van der Waals surface area contributed by atoms with Gasteiger partial charge in [-0.2, -0.15) is 0 Å². The first-order valence-corrected chi connectivity index (χ1v) is 7.32. The SMILES string of the molecule is CS(=O)(=O)c1ccc2c(c1)OCC(C(O)CN)O2. The topological polar surface area (TPSA) is 98.9 Å². The fourth-order valence-corrected chi connectivity index (χ4v) is 2.28. The maximum absolute atomic E-state index is 11.4. The minimum atomic E-state index is -3.28. The Balaban J connectivity index is 2.26. The Morgan fingerprint density at radius 2 is 2.22 bits per heavy atom. The molecule has 0 spiro atoms. The van der Waals surface area contributed by atoms with Crippen LogP contribution in [0, 0.1) is 0 Å². The van der Waals surface area contributed by atoms with Crippen LogP contribution in [0.5, 0.6) is 11.5 Å². The normalized spacial score (nSPS) is 20.5. The molecule has 1 aromatic rings. The van der Waals surface area contributed by atoms with Gasteiger partial charge in [0.2, 0.25) is 0 Å². The Morgan fingerprint density at radius 3 is 2.83 bits per heavy atom. The molecule has 2 atom stereocenters. The molecular formula is C11H15NO5S. The average Bonchev–Trinajstić information content (AvgIpc) is 2.35. The summed E-state index contributed by atoms with van der Waals surface area (Å²) in [5.41, 5.74) is 5.34. The smallest absolute Gasteiger partial charge is 0.175 e. The highest BCUT2D eigenvalue weighted by Gasteiger charge is 2.27. The van der Waals surface area contributed by atoms with Crippen LogP contribution in [0.3, 0.4) is 0 Å². The third kappa shape index (κ3) is 2.58. The third-order valence-corrected chi connectivity index (χ3v) is 3.81. The molecule has 0 saturated heterocycles. The monoisotopic (exact) mass is 273 g/mol. The molecule has 1 aliphatic rings. The quantitative estimate of drug-likeness (QED) is 0.774. The molecule has 0 radical (unpaired) electrons. The van der Waals surface area contributed by atoms with E-state index in [0.717, 1.165) is 6.26 Å². The summed E-state index contributed by atoms with van der Waals surface area (Å²) in [6.45, 7) is 0.212. The number of hydrogen-bond donors (Lipinski definition) is 2. The fraction of sp³-hybridized carbons (Fsp3) is 0.455. The molecule has 3 N–H and O–H groups in total. The lowest BCUT2D eigenvalue weighted by molar-refractivity contribution is -0.00546. The molecule has 18 heavy (non-hydrogen) atoms. The lowest BCUT2D eigenvalue weighted by Crippen LogP contribution is -2.43. The zero-order valence-corrected chi connectivity index (χ0v) is 10.7. The number of rotatable bonds is 3. The van der Waals surface area contributed by atoms with Crippen LogP contribution in [0.1, 0.15) is 0 Å². The van der Waals surface area contributed by atoms with Crippen LogP contribution in [0.15, 0.2) is 23.1 Å². The average molecular weight is 273 g/mol. The van der Waals surface area contributed by atoms with Gasteiger partial charge in [0.25, 0.3) is 0 Å². The van der Waals surface area contributed by atoms with E-state index in [0.29, 0.717) is 11.5 Å². The molecule has 0 fully saturated rings. The van der Waals surface area contributed by atoms with Crippen molar-refractivity contribution in [2.75, 3.05) is 19.4 Å². The van der Waals surface area contributed by atoms with Crippen LogP contribution >= 0.6 is 0 Å². The molecule has 1 aliphatic heterocycles. The Morgan fingerprint density at radius 1 is 1.50 bits per heavy atom. The van der Waals surface area contributed by atoms with Gasteiger partial charge in [0.05, 0.1) is 4.90 Å². The van der Waals surface area contributed by atoms with Crippen LogP contribution in [0.2, 0.25) is 0 Å². The van der Waals surface area contributed by atoms with Crippen molar-refractivity contribution in [1.29, 1.82) is 0 Å². The Bertz CT molecular complexity index is 542. The molecule has 2 unspecified atom stereocenters. The van der Waals surface area contributed by atoms with Gasteiger partial charge in [0.15, 0.2) is 27.4 Å². The number of benzene rings is 1. The van der Waals surface area contributed by atoms with Crippen LogP contribution in [0.25, 0.3) is 0 Å². The number of aliphatic hydroxyl groups is 1. The molecule has 1 heterocycles. The standard InChI is InChI=1S/C11H15NO5S/c1-18(14,15)7-2-3-9-10(4-7)16-6-11(17-9)8(13)5-12/h2-4,8,11,13H,5-6,12H2,1H3. The molecule has 0 amide bonds. The van der Waals surface area contributed by atoms with E-state index >= 15 is 0 Å². The lowest BCUT2D eigenvalue weighted by atomic mass is 10.2. The van der Waals surface area contributed by atoms with E-state index in [2.05, 4.69) is 0 Å². The highest BCUT2D eigenvalue weighted by atomic mass is 32.2. The Hall–Kier alpha value is -1.31. The number of hydrogen-bond acceptors (Lipinski definition) is 6. The Labute approximate surface area is 105 Å². The van der Waals surface area contributed by atoms with Gasteiger partial charge < -0.3 is 20.3 Å². The van der Waals surface area contributed by atoms with E-state index < -0.39 is 22.0 Å². The summed E-state index contributed by atoms with van der Waals surface area (Å²) >= 11 is 0. The van der Waals surface area contributed by atoms with Crippen LogP contribution < -0.4 is 15.2 Å². The van der Waals surface area contributed by atoms with Crippen molar-refractivity contribution in [3.63, 3.8) is 0 Å². The predicted molar refractivity (Wildman–Crippen MR) is 64.5 cm³/mol. The van der Waals surface area contributed by atoms with Crippen molar-refractivity contribution in [3.05, 3.63) is 18.2 Å². The number of aliphatic hydroxyl groups excluding tert-OH is 1. The minimum Gasteiger partial charge on any atom is -0.486 e. The van der Waals surface area contributed by atoms with Gasteiger partial charge in [-0.25, -0.2) is 8.42 Å². The van der Waals surface area contributed by atoms with E-state index in [1.54, 1.807) is 0 Å². The van der Waals surface area contributed by atoms with Crippen molar-refractivity contribution < 1.29 is 23.0 Å². The van der Waals surface area contributed by atoms with Crippen molar-refractivity contribution in [2.45, 2.75) is 17.1 Å². The summed E-state index contributed by atoms with van der Waals surface area (Å²) in [4.78, 5) is 0.169. The van der Waals surface area contributed by atoms with Gasteiger partial charge >= 0.3 is 0 Å². The zero-order valence-electron chi connectivity index (χ0n) is 9.87. The van der Waals surface area contributed by atoms with Gasteiger partial charge in [-0.1, -0.05) is 0 Å². The van der Waals surface area contributed by atoms with E-state index in [9.17, 15) is 13.5 Å². The first kappa shape index (κ1) is 13.1.